The summed E-state index contributed by atoms with van der Waals surface area (Å²) in [4.78, 5) is 15.4. The SMILES string of the molecule is O=C(O)c1ccncc1-c1cn(-c2cccc(NC3CCCCC3)c2)nn1. The van der Waals surface area contributed by atoms with Gasteiger partial charge in [0.25, 0.3) is 0 Å². The highest BCUT2D eigenvalue weighted by Crippen LogP contribution is 2.24. The van der Waals surface area contributed by atoms with Crippen LogP contribution in [0.15, 0.2) is 48.9 Å². The number of aromatic nitrogens is 4. The van der Waals surface area contributed by atoms with Crippen LogP contribution >= 0.6 is 0 Å². The Labute approximate surface area is 157 Å². The molecule has 138 valence electrons. The van der Waals surface area contributed by atoms with Gasteiger partial charge in [-0.15, -0.1) is 5.10 Å². The molecule has 0 spiro atoms. The Morgan fingerprint density at radius 2 is 2.04 bits per heavy atom. The van der Waals surface area contributed by atoms with E-state index in [1.165, 1.54) is 50.6 Å². The van der Waals surface area contributed by atoms with Gasteiger partial charge in [-0.3, -0.25) is 4.98 Å². The van der Waals surface area contributed by atoms with Crippen LogP contribution in [-0.4, -0.2) is 37.1 Å². The van der Waals surface area contributed by atoms with Gasteiger partial charge in [-0.25, -0.2) is 9.48 Å². The van der Waals surface area contributed by atoms with E-state index in [4.69, 9.17) is 0 Å². The van der Waals surface area contributed by atoms with Crippen molar-refractivity contribution in [2.24, 2.45) is 0 Å². The van der Waals surface area contributed by atoms with Crippen LogP contribution < -0.4 is 5.32 Å². The first-order chi connectivity index (χ1) is 13.2. The summed E-state index contributed by atoms with van der Waals surface area (Å²) in [6, 6.07) is 10.0. The Balaban J connectivity index is 1.58. The van der Waals surface area contributed by atoms with Gasteiger partial charge in [-0.1, -0.05) is 30.5 Å². The maximum atomic E-state index is 11.4. The number of nitrogens with one attached hydrogen (secondary N) is 1. The first kappa shape index (κ1) is 17.2. The van der Waals surface area contributed by atoms with Crippen molar-refractivity contribution in [2.45, 2.75) is 38.1 Å². The number of carbonyl (C=O) groups is 1. The van der Waals surface area contributed by atoms with E-state index in [1.54, 1.807) is 10.9 Å². The maximum absolute atomic E-state index is 11.4. The van der Waals surface area contributed by atoms with Crippen molar-refractivity contribution >= 4 is 11.7 Å². The predicted molar refractivity (Wildman–Crippen MR) is 102 cm³/mol. The Kier molecular flexibility index (Phi) is 4.82. The average molecular weight is 363 g/mol. The minimum Gasteiger partial charge on any atom is -0.478 e. The molecule has 3 aromatic rings. The van der Waals surface area contributed by atoms with Crippen LogP contribution in [0, 0.1) is 0 Å². The van der Waals surface area contributed by atoms with Gasteiger partial charge in [0.1, 0.15) is 5.69 Å². The summed E-state index contributed by atoms with van der Waals surface area (Å²) in [7, 11) is 0. The molecular weight excluding hydrogens is 342 g/mol. The third-order valence-electron chi connectivity index (χ3n) is 4.91. The standard InChI is InChI=1S/C20H21N5O2/c26-20(27)17-9-10-21-12-18(17)19-13-25(24-23-19)16-8-4-7-15(11-16)22-14-5-2-1-3-6-14/h4,7-14,22H,1-3,5-6H2,(H,26,27). The molecule has 0 bridgehead atoms. The highest BCUT2D eigenvalue weighted by atomic mass is 16.4. The zero-order valence-electron chi connectivity index (χ0n) is 14.9. The number of hydrogen-bond donors (Lipinski definition) is 2. The average Bonchev–Trinajstić information content (AvgIpc) is 3.19. The molecule has 2 heterocycles. The Bertz CT molecular complexity index is 947. The van der Waals surface area contributed by atoms with Crippen molar-refractivity contribution < 1.29 is 9.90 Å². The van der Waals surface area contributed by atoms with Crippen LogP contribution in [-0.2, 0) is 0 Å². The molecule has 0 amide bonds. The largest absolute Gasteiger partial charge is 0.478 e. The quantitative estimate of drug-likeness (QED) is 0.717. The van der Waals surface area contributed by atoms with Crippen molar-refractivity contribution in [3.8, 4) is 16.9 Å². The molecule has 27 heavy (non-hydrogen) atoms. The summed E-state index contributed by atoms with van der Waals surface area (Å²) in [5.74, 6) is -1.01. The molecule has 7 nitrogen and oxygen atoms in total. The lowest BCUT2D eigenvalue weighted by molar-refractivity contribution is 0.0697. The molecule has 4 rings (SSSR count). The lowest BCUT2D eigenvalue weighted by atomic mass is 9.95. The van der Waals surface area contributed by atoms with Gasteiger partial charge in [-0.05, 0) is 37.1 Å². The molecular formula is C20H21N5O2. The summed E-state index contributed by atoms with van der Waals surface area (Å²) in [6.07, 6.45) is 11.0. The zero-order valence-corrected chi connectivity index (χ0v) is 14.9. The van der Waals surface area contributed by atoms with Crippen LogP contribution in [0.4, 0.5) is 5.69 Å². The number of rotatable bonds is 5. The predicted octanol–water partition coefficient (Wildman–Crippen LogP) is 3.77. The van der Waals surface area contributed by atoms with Crippen LogP contribution in [0.5, 0.6) is 0 Å². The van der Waals surface area contributed by atoms with Gasteiger partial charge in [0, 0.05) is 29.7 Å². The fourth-order valence-corrected chi connectivity index (χ4v) is 3.52. The number of carboxylic acid groups (broad SMARTS) is 1. The third-order valence-corrected chi connectivity index (χ3v) is 4.91. The van der Waals surface area contributed by atoms with Gasteiger partial charge in [0.2, 0.25) is 0 Å². The second kappa shape index (κ2) is 7.57. The summed E-state index contributed by atoms with van der Waals surface area (Å²) in [5, 5.41) is 21.3. The van der Waals surface area contributed by atoms with Crippen molar-refractivity contribution in [1.29, 1.82) is 0 Å². The number of aromatic carboxylic acids is 1. The smallest absolute Gasteiger partial charge is 0.336 e. The topological polar surface area (TPSA) is 92.9 Å². The van der Waals surface area contributed by atoms with E-state index in [1.807, 2.05) is 18.2 Å². The van der Waals surface area contributed by atoms with E-state index in [0.29, 0.717) is 17.3 Å². The van der Waals surface area contributed by atoms with E-state index in [-0.39, 0.29) is 5.56 Å². The van der Waals surface area contributed by atoms with Crippen LogP contribution in [0.2, 0.25) is 0 Å². The number of pyridine rings is 1. The Morgan fingerprint density at radius 1 is 1.19 bits per heavy atom. The molecule has 0 radical (unpaired) electrons. The van der Waals surface area contributed by atoms with Crippen molar-refractivity contribution in [1.82, 2.24) is 20.0 Å². The summed E-state index contributed by atoms with van der Waals surface area (Å²) < 4.78 is 1.65. The molecule has 1 aliphatic rings. The first-order valence-electron chi connectivity index (χ1n) is 9.18. The van der Waals surface area contributed by atoms with Gasteiger partial charge in [-0.2, -0.15) is 0 Å². The highest BCUT2D eigenvalue weighted by Gasteiger charge is 2.16. The van der Waals surface area contributed by atoms with Gasteiger partial charge in [0.15, 0.2) is 0 Å². The molecule has 1 saturated carbocycles. The number of carboxylic acids is 1. The normalized spacial score (nSPS) is 14.8. The van der Waals surface area contributed by atoms with E-state index in [0.717, 1.165) is 11.4 Å². The molecule has 2 aromatic heterocycles. The van der Waals surface area contributed by atoms with Crippen molar-refractivity contribution in [3.63, 3.8) is 0 Å². The van der Waals surface area contributed by atoms with Crippen LogP contribution in [0.3, 0.4) is 0 Å². The molecule has 7 heteroatoms. The first-order valence-corrected chi connectivity index (χ1v) is 9.18. The molecule has 0 saturated heterocycles. The molecule has 1 fully saturated rings. The molecule has 1 aliphatic carbocycles. The lowest BCUT2D eigenvalue weighted by Gasteiger charge is -2.24. The number of benzene rings is 1. The molecule has 2 N–H and O–H groups in total. The van der Waals surface area contributed by atoms with E-state index >= 15 is 0 Å². The molecule has 0 atom stereocenters. The minimum atomic E-state index is -1.01. The number of hydrogen-bond acceptors (Lipinski definition) is 5. The second-order valence-electron chi connectivity index (χ2n) is 6.80. The summed E-state index contributed by atoms with van der Waals surface area (Å²) >= 11 is 0. The van der Waals surface area contributed by atoms with Gasteiger partial charge < -0.3 is 10.4 Å². The Hall–Kier alpha value is -3.22. The number of anilines is 1. The second-order valence-corrected chi connectivity index (χ2v) is 6.80. The monoisotopic (exact) mass is 363 g/mol. The number of nitrogens with zero attached hydrogens (tertiary/aromatic N) is 4. The van der Waals surface area contributed by atoms with E-state index in [9.17, 15) is 9.90 Å². The molecule has 0 aliphatic heterocycles. The molecule has 1 aromatic carbocycles. The van der Waals surface area contributed by atoms with Gasteiger partial charge in [0.05, 0.1) is 17.4 Å². The fourth-order valence-electron chi connectivity index (χ4n) is 3.52. The zero-order chi connectivity index (χ0) is 18.6. The summed E-state index contributed by atoms with van der Waals surface area (Å²) in [6.45, 7) is 0. The van der Waals surface area contributed by atoms with Crippen molar-refractivity contribution in [3.05, 3.63) is 54.5 Å². The van der Waals surface area contributed by atoms with Crippen LogP contribution in [0.1, 0.15) is 42.5 Å². The lowest BCUT2D eigenvalue weighted by Crippen LogP contribution is -2.22. The molecule has 0 unspecified atom stereocenters. The van der Waals surface area contributed by atoms with Crippen LogP contribution in [0.25, 0.3) is 16.9 Å². The van der Waals surface area contributed by atoms with Gasteiger partial charge >= 0.3 is 5.97 Å². The maximum Gasteiger partial charge on any atom is 0.336 e. The van der Waals surface area contributed by atoms with Crippen molar-refractivity contribution in [2.75, 3.05) is 5.32 Å². The fraction of sp³-hybridized carbons (Fsp3) is 0.300. The van der Waals surface area contributed by atoms with E-state index in [2.05, 4.69) is 26.7 Å². The van der Waals surface area contributed by atoms with E-state index < -0.39 is 5.97 Å². The third kappa shape index (κ3) is 3.81. The highest BCUT2D eigenvalue weighted by molar-refractivity contribution is 5.95. The summed E-state index contributed by atoms with van der Waals surface area (Å²) in [5.41, 5.74) is 3.02. The Morgan fingerprint density at radius 3 is 2.85 bits per heavy atom. The minimum absolute atomic E-state index is 0.157.